The van der Waals surface area contributed by atoms with E-state index in [1.165, 1.54) is 5.56 Å². The van der Waals surface area contributed by atoms with Crippen LogP contribution in [0.3, 0.4) is 0 Å². The van der Waals surface area contributed by atoms with Gasteiger partial charge in [0.25, 0.3) is 6.29 Å². The van der Waals surface area contributed by atoms with Gasteiger partial charge in [0.1, 0.15) is 5.75 Å². The fraction of sp³-hybridized carbons (Fsp3) is 0.333. The fourth-order valence-electron chi connectivity index (χ4n) is 1.40. The summed E-state index contributed by atoms with van der Waals surface area (Å²) in [6.07, 6.45) is 1.21. The maximum atomic E-state index is 10.1. The number of fused-ring (bicyclic) bond motifs is 1. The number of aryl methyl sites for hydroxylation is 1. The van der Waals surface area contributed by atoms with E-state index in [1.54, 1.807) is 0 Å². The first-order valence-electron chi connectivity index (χ1n) is 4.07. The Morgan fingerprint density at radius 3 is 3.15 bits per heavy atom. The second-order valence-corrected chi connectivity index (χ2v) is 3.15. The van der Waals surface area contributed by atoms with Gasteiger partial charge in [-0.15, -0.1) is 0 Å². The lowest BCUT2D eigenvalue weighted by Gasteiger charge is -2.21. The first-order valence-corrected chi connectivity index (χ1v) is 4.69. The van der Waals surface area contributed by atoms with E-state index in [-0.39, 0.29) is 0 Å². The molecule has 2 rings (SSSR count). The van der Waals surface area contributed by atoms with Crippen LogP contribution in [0.1, 0.15) is 12.0 Å². The van der Waals surface area contributed by atoms with Gasteiger partial charge in [0.2, 0.25) is 0 Å². The minimum absolute atomic E-state index is 0.416. The van der Waals surface area contributed by atoms with E-state index in [9.17, 15) is 4.66 Å². The molecule has 0 saturated carbocycles. The molecule has 1 aliphatic rings. The predicted molar refractivity (Wildman–Crippen MR) is 40.3 cm³/mol. The van der Waals surface area contributed by atoms with Crippen molar-refractivity contribution < 1.29 is 25.0 Å². The summed E-state index contributed by atoms with van der Waals surface area (Å²) in [7, 11) is 0. The summed E-state index contributed by atoms with van der Waals surface area (Å²) >= 11 is 0.536. The molecule has 4 heteroatoms. The molecular weight excluding hydrogens is 192 g/mol. The first-order chi connectivity index (χ1) is 6.40. The van der Waals surface area contributed by atoms with Gasteiger partial charge in [-0.1, -0.05) is 22.5 Å². The molecule has 0 amide bonds. The van der Waals surface area contributed by atoms with Crippen molar-refractivity contribution in [1.82, 2.24) is 0 Å². The van der Waals surface area contributed by atoms with Gasteiger partial charge in [0.15, 0.2) is 0 Å². The van der Waals surface area contributed by atoms with Crippen molar-refractivity contribution in [2.75, 3.05) is 0 Å². The van der Waals surface area contributed by atoms with Crippen LogP contribution in [0.5, 0.6) is 5.75 Å². The zero-order valence-corrected chi connectivity index (χ0v) is 7.66. The van der Waals surface area contributed by atoms with Crippen LogP contribution < -0.4 is 9.40 Å². The molecule has 0 bridgehead atoms. The molecule has 1 unspecified atom stereocenters. The molecule has 0 aromatic heterocycles. The maximum Gasteiger partial charge on any atom is 0.334 e. The summed E-state index contributed by atoms with van der Waals surface area (Å²) in [5.74, 6) is 0.818. The van der Waals surface area contributed by atoms with Crippen LogP contribution in [0.2, 0.25) is 0 Å². The lowest BCUT2D eigenvalue weighted by molar-refractivity contribution is -1.27. The monoisotopic (exact) mass is 200 g/mol. The van der Waals surface area contributed by atoms with E-state index in [0.29, 0.717) is 11.3 Å². The molecule has 1 aliphatic heterocycles. The molecule has 1 aromatic rings. The molecule has 0 fully saturated rings. The van der Waals surface area contributed by atoms with E-state index in [2.05, 4.69) is 0 Å². The van der Waals surface area contributed by atoms with Gasteiger partial charge in [0.05, 0.1) is 0 Å². The summed E-state index contributed by atoms with van der Waals surface area (Å²) in [6, 6.07) is 7.78. The third kappa shape index (κ3) is 1.94. The Morgan fingerprint density at radius 1 is 1.46 bits per heavy atom. The largest absolute Gasteiger partial charge is 0.506 e. The second kappa shape index (κ2) is 3.96. The molecule has 13 heavy (non-hydrogen) atoms. The Bertz CT molecular complexity index is 290. The van der Waals surface area contributed by atoms with Gasteiger partial charge in [-0.05, 0) is 18.1 Å². The van der Waals surface area contributed by atoms with Gasteiger partial charge in [-0.2, -0.15) is 0 Å². The number of para-hydroxylation sites is 1. The van der Waals surface area contributed by atoms with Crippen LogP contribution in [-0.2, 0) is 10.7 Å². The number of hydrogen-bond acceptors (Lipinski definition) is 3. The van der Waals surface area contributed by atoms with Crippen molar-refractivity contribution in [1.29, 1.82) is 0 Å². The third-order valence-electron chi connectivity index (χ3n) is 2.02. The molecule has 1 heterocycles. The SMILES string of the molecule is [O-][Cl+]OC1CCc2ccccc2O1. The topological polar surface area (TPSA) is 41.5 Å². The Balaban J connectivity index is 2.11. The van der Waals surface area contributed by atoms with E-state index >= 15 is 0 Å². The lowest BCUT2D eigenvalue weighted by Crippen LogP contribution is -2.27. The number of halogens is 1. The summed E-state index contributed by atoms with van der Waals surface area (Å²) in [5.41, 5.74) is 1.17. The van der Waals surface area contributed by atoms with Crippen LogP contribution >= 0.6 is 0 Å². The highest BCUT2D eigenvalue weighted by Gasteiger charge is 2.23. The molecular formula is C9H9ClO3. The van der Waals surface area contributed by atoms with Crippen LogP contribution in [-0.4, -0.2) is 6.29 Å². The van der Waals surface area contributed by atoms with Gasteiger partial charge < -0.3 is 9.40 Å². The van der Waals surface area contributed by atoms with E-state index < -0.39 is 6.29 Å². The van der Waals surface area contributed by atoms with Crippen molar-refractivity contribution in [3.63, 3.8) is 0 Å². The van der Waals surface area contributed by atoms with Gasteiger partial charge in [-0.25, -0.2) is 0 Å². The van der Waals surface area contributed by atoms with Gasteiger partial charge in [0, 0.05) is 6.42 Å². The quantitative estimate of drug-likeness (QED) is 0.703. The predicted octanol–water partition coefficient (Wildman–Crippen LogP) is 0.630. The Hall–Kier alpha value is -0.770. The summed E-state index contributed by atoms with van der Waals surface area (Å²) in [5, 5.41) is 0. The van der Waals surface area contributed by atoms with Crippen molar-refractivity contribution >= 4 is 0 Å². The van der Waals surface area contributed by atoms with Gasteiger partial charge in [-0.3, -0.25) is 0 Å². The molecule has 0 radical (unpaired) electrons. The van der Waals surface area contributed by atoms with Crippen LogP contribution in [0.4, 0.5) is 0 Å². The lowest BCUT2D eigenvalue weighted by atomic mass is 10.1. The highest BCUT2D eigenvalue weighted by atomic mass is 35.6. The number of hydrogen-bond donors (Lipinski definition) is 0. The van der Waals surface area contributed by atoms with Crippen molar-refractivity contribution in [2.45, 2.75) is 19.1 Å². The molecule has 0 saturated heterocycles. The molecule has 3 nitrogen and oxygen atoms in total. The highest BCUT2D eigenvalue weighted by Crippen LogP contribution is 2.27. The molecule has 0 spiro atoms. The van der Waals surface area contributed by atoms with Crippen LogP contribution in [0.25, 0.3) is 0 Å². The summed E-state index contributed by atoms with van der Waals surface area (Å²) < 4.78 is 20.2. The minimum Gasteiger partial charge on any atom is -0.506 e. The van der Waals surface area contributed by atoms with Gasteiger partial charge >= 0.3 is 11.3 Å². The smallest absolute Gasteiger partial charge is 0.334 e. The number of ether oxygens (including phenoxy) is 1. The minimum atomic E-state index is -0.416. The standard InChI is InChI=1S/C9H9ClO3/c11-10-13-9-6-5-7-3-1-2-4-8(7)12-9/h1-4,9H,5-6H2. The molecule has 0 aliphatic carbocycles. The highest BCUT2D eigenvalue weighted by molar-refractivity contribution is 5.34. The molecule has 1 aromatic carbocycles. The van der Waals surface area contributed by atoms with Crippen LogP contribution in [0.15, 0.2) is 24.3 Å². The zero-order valence-electron chi connectivity index (χ0n) is 6.90. The summed E-state index contributed by atoms with van der Waals surface area (Å²) in [6.45, 7) is 0. The average Bonchev–Trinajstić information content (AvgIpc) is 2.18. The van der Waals surface area contributed by atoms with E-state index in [0.717, 1.165) is 18.6 Å². The molecule has 70 valence electrons. The van der Waals surface area contributed by atoms with Crippen molar-refractivity contribution in [3.8, 4) is 5.75 Å². The third-order valence-corrected chi connectivity index (χ3v) is 2.29. The zero-order chi connectivity index (χ0) is 9.10. The Kier molecular flexibility index (Phi) is 2.68. The molecule has 0 N–H and O–H groups in total. The Morgan fingerprint density at radius 2 is 2.31 bits per heavy atom. The van der Waals surface area contributed by atoms with Crippen LogP contribution in [0, 0.1) is 11.3 Å². The van der Waals surface area contributed by atoms with E-state index in [1.807, 2.05) is 24.3 Å². The van der Waals surface area contributed by atoms with Crippen molar-refractivity contribution in [3.05, 3.63) is 29.8 Å². The number of benzene rings is 1. The number of rotatable bonds is 2. The summed E-state index contributed by atoms with van der Waals surface area (Å²) in [4.78, 5) is 0. The molecule has 1 atom stereocenters. The average molecular weight is 201 g/mol. The second-order valence-electron chi connectivity index (χ2n) is 2.85. The normalized spacial score (nSPS) is 20.5. The first kappa shape index (κ1) is 8.81. The fourth-order valence-corrected chi connectivity index (χ4v) is 1.61. The van der Waals surface area contributed by atoms with E-state index in [4.69, 9.17) is 9.03 Å². The van der Waals surface area contributed by atoms with Crippen molar-refractivity contribution in [2.24, 2.45) is 0 Å². The maximum absolute atomic E-state index is 10.1. The Labute approximate surface area is 80.3 Å².